The van der Waals surface area contributed by atoms with Crippen LogP contribution in [0.25, 0.3) is 11.0 Å². The average Bonchev–Trinajstić information content (AvgIpc) is 3.86. The number of rotatable bonds is 9. The standard InChI is InChI=1S/C49H54Cl2FN7O7/c50-30-10-13-33-35(24-30)54-46(65)49(33)41(32-5-4-6-34(51)42(32)52)43(56-48(49)19-2-1-3-20-48)45(64)53-31-11-7-27(8-12-31)25-57-21-17-28(18-22-57)29-9-14-36-38(23-29)58(26-40(61)62)47(66)59(36)37-15-16-39(60)55-44(37)63/h4-6,9-10,13-14,23-24,27-28,31,37,41,43,56H,1-3,7-8,11-12,15-22,25-26H2,(H,53,64)(H,54,65)(H,61,62)(H,55,60,63)/t27?,31?,37?,41-,43+,49+/m0/s1. The summed E-state index contributed by atoms with van der Waals surface area (Å²) in [5.41, 5.74) is 0.800. The van der Waals surface area contributed by atoms with Gasteiger partial charge in [-0.25, -0.2) is 9.18 Å². The minimum absolute atomic E-state index is 0.0611. The second kappa shape index (κ2) is 17.5. The van der Waals surface area contributed by atoms with Gasteiger partial charge in [0.25, 0.3) is 0 Å². The summed E-state index contributed by atoms with van der Waals surface area (Å²) >= 11 is 12.9. The Morgan fingerprint density at radius 2 is 1.62 bits per heavy atom. The summed E-state index contributed by atoms with van der Waals surface area (Å²) in [6.07, 6.45) is 9.51. The molecule has 5 N–H and O–H groups in total. The van der Waals surface area contributed by atoms with E-state index >= 15 is 4.39 Å². The zero-order chi connectivity index (χ0) is 46.1. The molecule has 2 aliphatic carbocycles. The molecule has 17 heteroatoms. The maximum Gasteiger partial charge on any atom is 0.330 e. The monoisotopic (exact) mass is 941 g/mol. The van der Waals surface area contributed by atoms with Crippen LogP contribution in [0.1, 0.15) is 118 Å². The van der Waals surface area contributed by atoms with Crippen molar-refractivity contribution in [2.75, 3.05) is 25.0 Å². The normalized spacial score (nSPS) is 27.9. The van der Waals surface area contributed by atoms with Crippen molar-refractivity contribution in [3.05, 3.63) is 97.6 Å². The maximum absolute atomic E-state index is 16.4. The molecular weight excluding hydrogens is 888 g/mol. The van der Waals surface area contributed by atoms with Crippen LogP contribution in [0.4, 0.5) is 10.1 Å². The zero-order valence-corrected chi connectivity index (χ0v) is 38.1. The highest BCUT2D eigenvalue weighted by atomic mass is 35.5. The summed E-state index contributed by atoms with van der Waals surface area (Å²) in [6.45, 7) is 2.14. The van der Waals surface area contributed by atoms with Crippen molar-refractivity contribution in [2.45, 2.75) is 131 Å². The van der Waals surface area contributed by atoms with Gasteiger partial charge in [0.2, 0.25) is 23.6 Å². The van der Waals surface area contributed by atoms with E-state index in [2.05, 4.69) is 26.2 Å². The number of piperidine rings is 2. The molecule has 66 heavy (non-hydrogen) atoms. The summed E-state index contributed by atoms with van der Waals surface area (Å²) in [5.74, 6) is -3.50. The number of hydrogen-bond donors (Lipinski definition) is 5. The topological polar surface area (TPSA) is 184 Å². The number of likely N-dealkylation sites (tertiary alicyclic amines) is 1. The number of anilines is 1. The number of nitrogens with zero attached hydrogens (tertiary/aromatic N) is 3. The minimum Gasteiger partial charge on any atom is -0.480 e. The highest BCUT2D eigenvalue weighted by Gasteiger charge is 2.72. The van der Waals surface area contributed by atoms with E-state index in [9.17, 15) is 33.9 Å². The fraction of sp³-hybridized carbons (Fsp3) is 0.510. The maximum atomic E-state index is 16.4. The molecule has 4 aliphatic heterocycles. The molecule has 4 amide bonds. The number of aliphatic carboxylic acids is 1. The van der Waals surface area contributed by atoms with E-state index in [0.29, 0.717) is 40.5 Å². The predicted octanol–water partition coefficient (Wildman–Crippen LogP) is 6.51. The van der Waals surface area contributed by atoms with Crippen molar-refractivity contribution in [3.8, 4) is 0 Å². The molecule has 5 fully saturated rings. The van der Waals surface area contributed by atoms with Crippen molar-refractivity contribution in [1.29, 1.82) is 0 Å². The summed E-state index contributed by atoms with van der Waals surface area (Å²) in [5, 5.41) is 22.6. The first-order valence-corrected chi connectivity index (χ1v) is 24.2. The van der Waals surface area contributed by atoms with Gasteiger partial charge in [-0.1, -0.05) is 66.7 Å². The van der Waals surface area contributed by atoms with Crippen LogP contribution in [-0.4, -0.2) is 86.0 Å². The predicted molar refractivity (Wildman–Crippen MR) is 246 cm³/mol. The molecule has 2 saturated carbocycles. The van der Waals surface area contributed by atoms with Gasteiger partial charge in [-0.2, -0.15) is 0 Å². The highest BCUT2D eigenvalue weighted by Crippen LogP contribution is 2.63. The summed E-state index contributed by atoms with van der Waals surface area (Å²) < 4.78 is 18.9. The average molecular weight is 943 g/mol. The number of amides is 4. The molecule has 14 nitrogen and oxygen atoms in total. The summed E-state index contributed by atoms with van der Waals surface area (Å²) in [4.78, 5) is 82.0. The second-order valence-electron chi connectivity index (χ2n) is 19.5. The minimum atomic E-state index is -1.29. The Morgan fingerprint density at radius 1 is 0.864 bits per heavy atom. The Morgan fingerprint density at radius 3 is 2.35 bits per heavy atom. The number of nitrogens with one attached hydrogen (secondary N) is 4. The second-order valence-corrected chi connectivity index (χ2v) is 20.3. The van der Waals surface area contributed by atoms with Crippen LogP contribution in [-0.2, 0) is 35.9 Å². The Bertz CT molecular complexity index is 2700. The molecule has 3 aromatic carbocycles. The number of carboxylic acid groups (broad SMARTS) is 1. The lowest BCUT2D eigenvalue weighted by Crippen LogP contribution is -2.60. The summed E-state index contributed by atoms with van der Waals surface area (Å²) in [7, 11) is 0. The van der Waals surface area contributed by atoms with Crippen molar-refractivity contribution in [1.82, 2.24) is 30.0 Å². The molecule has 3 saturated heterocycles. The van der Waals surface area contributed by atoms with Crippen LogP contribution in [0, 0.1) is 11.7 Å². The number of halogens is 3. The Balaban J connectivity index is 0.807. The third-order valence-corrected chi connectivity index (χ3v) is 16.4. The van der Waals surface area contributed by atoms with E-state index in [-0.39, 0.29) is 47.2 Å². The smallest absolute Gasteiger partial charge is 0.330 e. The molecule has 6 aliphatic rings. The molecule has 2 spiro atoms. The largest absolute Gasteiger partial charge is 0.480 e. The van der Waals surface area contributed by atoms with Crippen molar-refractivity contribution in [2.24, 2.45) is 5.92 Å². The van der Waals surface area contributed by atoms with Gasteiger partial charge in [0, 0.05) is 41.2 Å². The van der Waals surface area contributed by atoms with Crippen molar-refractivity contribution < 1.29 is 33.5 Å². The first-order valence-electron chi connectivity index (χ1n) is 23.4. The molecule has 4 atom stereocenters. The van der Waals surface area contributed by atoms with E-state index < -0.39 is 64.8 Å². The molecule has 4 aromatic rings. The third kappa shape index (κ3) is 7.54. The van der Waals surface area contributed by atoms with E-state index in [0.717, 1.165) is 88.5 Å². The number of hydrogen-bond acceptors (Lipinski definition) is 8. The first kappa shape index (κ1) is 44.7. The number of carbonyl (C=O) groups excluding carboxylic acids is 4. The molecule has 5 heterocycles. The zero-order valence-electron chi connectivity index (χ0n) is 36.6. The van der Waals surface area contributed by atoms with Gasteiger partial charge in [0.15, 0.2) is 0 Å². The number of carboxylic acids is 1. The number of imidazole rings is 1. The van der Waals surface area contributed by atoms with Crippen LogP contribution in [0.15, 0.2) is 59.4 Å². The number of aromatic nitrogens is 2. The highest BCUT2D eigenvalue weighted by molar-refractivity contribution is 6.31. The Labute approximate surface area is 390 Å². The number of fused-ring (bicyclic) bond motifs is 4. The lowest BCUT2D eigenvalue weighted by atomic mass is 9.55. The molecule has 1 unspecified atom stereocenters. The van der Waals surface area contributed by atoms with Crippen LogP contribution < -0.4 is 27.0 Å². The van der Waals surface area contributed by atoms with Gasteiger partial charge < -0.3 is 20.6 Å². The van der Waals surface area contributed by atoms with Gasteiger partial charge in [0.05, 0.1) is 22.1 Å². The van der Waals surface area contributed by atoms with Gasteiger partial charge in [0.1, 0.15) is 23.8 Å². The van der Waals surface area contributed by atoms with Gasteiger partial charge in [-0.15, -0.1) is 0 Å². The van der Waals surface area contributed by atoms with Gasteiger partial charge in [-0.3, -0.25) is 43.7 Å². The molecule has 0 radical (unpaired) electrons. The van der Waals surface area contributed by atoms with Crippen LogP contribution in [0.5, 0.6) is 0 Å². The Hall–Kier alpha value is -5.09. The quantitative estimate of drug-likeness (QED) is 0.117. The van der Waals surface area contributed by atoms with Crippen LogP contribution in [0.2, 0.25) is 10.0 Å². The first-order chi connectivity index (χ1) is 31.8. The number of imide groups is 1. The molecule has 10 rings (SSSR count). The number of benzene rings is 3. The van der Waals surface area contributed by atoms with E-state index in [1.165, 1.54) is 15.2 Å². The Kier molecular flexibility index (Phi) is 11.9. The lowest BCUT2D eigenvalue weighted by molar-refractivity contribution is -0.138. The van der Waals surface area contributed by atoms with Crippen molar-refractivity contribution >= 4 is 69.5 Å². The lowest BCUT2D eigenvalue weighted by Gasteiger charge is -2.47. The summed E-state index contributed by atoms with van der Waals surface area (Å²) in [6, 6.07) is 14.0. The van der Waals surface area contributed by atoms with Gasteiger partial charge >= 0.3 is 11.7 Å². The van der Waals surface area contributed by atoms with Crippen molar-refractivity contribution in [3.63, 3.8) is 0 Å². The SMILES string of the molecule is O=C(O)Cn1c(=O)n(C2CCC(=O)NC2=O)c2ccc(C3CCN(CC4CCC(NC(=O)[C@@H]5NC6(CCCCC6)[C@@]6(C(=O)Nc7cc(Cl)ccc76)[C@H]5c5cccc(Cl)c5F)CC4)CC3)cc21. The third-order valence-electron chi connectivity index (χ3n) is 15.9. The van der Waals surface area contributed by atoms with Crippen LogP contribution in [0.3, 0.4) is 0 Å². The fourth-order valence-electron chi connectivity index (χ4n) is 12.9. The van der Waals surface area contributed by atoms with Gasteiger partial charge in [-0.05, 0) is 130 Å². The molecular formula is C49H54Cl2FN7O7. The van der Waals surface area contributed by atoms with E-state index in [1.54, 1.807) is 30.3 Å². The molecule has 1 aromatic heterocycles. The van der Waals surface area contributed by atoms with Crippen LogP contribution >= 0.6 is 23.2 Å². The number of carbonyl (C=O) groups is 5. The van der Waals surface area contributed by atoms with E-state index in [4.69, 9.17) is 23.2 Å². The fourth-order valence-corrected chi connectivity index (χ4v) is 13.2. The molecule has 0 bridgehead atoms. The molecule has 348 valence electrons. The van der Waals surface area contributed by atoms with E-state index in [1.807, 2.05) is 18.2 Å².